The Morgan fingerprint density at radius 2 is 2.44 bits per heavy atom. The molecule has 1 atom stereocenters. The molecule has 4 heteroatoms. The fraction of sp³-hybridized carbons (Fsp3) is 0.667. The number of morpholine rings is 1. The summed E-state index contributed by atoms with van der Waals surface area (Å²) in [6.07, 6.45) is 6.61. The lowest BCUT2D eigenvalue weighted by Gasteiger charge is -2.23. The smallest absolute Gasteiger partial charge is 0.0712 e. The van der Waals surface area contributed by atoms with Crippen LogP contribution in [0.4, 0.5) is 0 Å². The molecule has 1 fully saturated rings. The van der Waals surface area contributed by atoms with Crippen LogP contribution < -0.4 is 10.6 Å². The second-order valence-corrected chi connectivity index (χ2v) is 4.20. The summed E-state index contributed by atoms with van der Waals surface area (Å²) in [6.45, 7) is 4.93. The van der Waals surface area contributed by atoms with Crippen LogP contribution in [-0.4, -0.2) is 43.9 Å². The van der Waals surface area contributed by atoms with Gasteiger partial charge in [0.25, 0.3) is 0 Å². The highest BCUT2D eigenvalue weighted by molar-refractivity contribution is 5.08. The van der Waals surface area contributed by atoms with Gasteiger partial charge in [0.05, 0.1) is 12.7 Å². The third kappa shape index (κ3) is 3.96. The molecule has 2 rings (SSSR count). The maximum atomic E-state index is 5.62. The number of hydrogen-bond acceptors (Lipinski definition) is 3. The van der Waals surface area contributed by atoms with Gasteiger partial charge in [-0.25, -0.2) is 0 Å². The Kier molecular flexibility index (Phi) is 4.86. The molecule has 1 saturated heterocycles. The van der Waals surface area contributed by atoms with Crippen molar-refractivity contribution < 1.29 is 4.74 Å². The van der Waals surface area contributed by atoms with Gasteiger partial charge in [0.1, 0.15) is 0 Å². The van der Waals surface area contributed by atoms with Gasteiger partial charge >= 0.3 is 0 Å². The molecule has 1 aromatic rings. The Bertz CT molecular complexity index is 268. The average Bonchev–Trinajstić information content (AvgIpc) is 2.83. The summed E-state index contributed by atoms with van der Waals surface area (Å²) >= 11 is 0. The first-order valence-electron chi connectivity index (χ1n) is 6.10. The maximum absolute atomic E-state index is 5.62. The van der Waals surface area contributed by atoms with Crippen LogP contribution in [0.3, 0.4) is 0 Å². The van der Waals surface area contributed by atoms with Crippen LogP contribution in [0.2, 0.25) is 0 Å². The fourth-order valence-electron chi connectivity index (χ4n) is 1.94. The maximum Gasteiger partial charge on any atom is 0.0712 e. The Balaban J connectivity index is 1.48. The Hall–Kier alpha value is -0.840. The summed E-state index contributed by atoms with van der Waals surface area (Å²) in [5.41, 5.74) is 1.36. The van der Waals surface area contributed by atoms with E-state index in [9.17, 15) is 0 Å². The highest BCUT2D eigenvalue weighted by Crippen LogP contribution is 2.00. The first kappa shape index (κ1) is 11.6. The van der Waals surface area contributed by atoms with E-state index >= 15 is 0 Å². The molecule has 90 valence electrons. The number of H-pyrrole nitrogens is 1. The molecule has 0 radical (unpaired) electrons. The van der Waals surface area contributed by atoms with Gasteiger partial charge in [-0.1, -0.05) is 0 Å². The number of aromatic amines is 1. The van der Waals surface area contributed by atoms with Crippen LogP contribution in [0.25, 0.3) is 0 Å². The van der Waals surface area contributed by atoms with Gasteiger partial charge in [-0.15, -0.1) is 0 Å². The van der Waals surface area contributed by atoms with Gasteiger partial charge in [0.15, 0.2) is 0 Å². The molecule has 0 saturated carbocycles. The van der Waals surface area contributed by atoms with Crippen LogP contribution in [0.5, 0.6) is 0 Å². The summed E-state index contributed by atoms with van der Waals surface area (Å²) in [4.78, 5) is 3.07. The summed E-state index contributed by atoms with van der Waals surface area (Å²) < 4.78 is 5.62. The van der Waals surface area contributed by atoms with Crippen molar-refractivity contribution in [2.24, 2.45) is 0 Å². The molecule has 1 aromatic heterocycles. The van der Waals surface area contributed by atoms with E-state index in [1.807, 2.05) is 6.20 Å². The van der Waals surface area contributed by atoms with E-state index in [1.54, 1.807) is 0 Å². The van der Waals surface area contributed by atoms with Crippen molar-refractivity contribution >= 4 is 0 Å². The van der Waals surface area contributed by atoms with Crippen molar-refractivity contribution in [2.75, 3.05) is 32.8 Å². The molecular weight excluding hydrogens is 202 g/mol. The lowest BCUT2D eigenvalue weighted by molar-refractivity contribution is 0.0239. The van der Waals surface area contributed by atoms with Gasteiger partial charge in [-0.3, -0.25) is 0 Å². The quantitative estimate of drug-likeness (QED) is 0.616. The number of ether oxygens (including phenoxy) is 1. The first-order chi connectivity index (χ1) is 7.95. The van der Waals surface area contributed by atoms with Crippen molar-refractivity contribution in [1.82, 2.24) is 15.6 Å². The van der Waals surface area contributed by atoms with E-state index in [0.717, 1.165) is 45.6 Å². The van der Waals surface area contributed by atoms with Crippen molar-refractivity contribution in [2.45, 2.75) is 18.9 Å². The third-order valence-corrected chi connectivity index (χ3v) is 2.90. The van der Waals surface area contributed by atoms with Crippen LogP contribution >= 0.6 is 0 Å². The lowest BCUT2D eigenvalue weighted by Crippen LogP contribution is -2.40. The minimum atomic E-state index is 0.397. The van der Waals surface area contributed by atoms with Gasteiger partial charge in [0.2, 0.25) is 0 Å². The molecule has 3 N–H and O–H groups in total. The topological polar surface area (TPSA) is 49.1 Å². The highest BCUT2D eigenvalue weighted by Gasteiger charge is 2.11. The van der Waals surface area contributed by atoms with Crippen molar-refractivity contribution in [3.05, 3.63) is 24.0 Å². The summed E-state index contributed by atoms with van der Waals surface area (Å²) in [7, 11) is 0. The second kappa shape index (κ2) is 6.68. The van der Waals surface area contributed by atoms with Crippen LogP contribution in [0, 0.1) is 0 Å². The predicted molar refractivity (Wildman–Crippen MR) is 64.6 cm³/mol. The number of rotatable bonds is 6. The number of aromatic nitrogens is 1. The standard InChI is InChI=1S/C12H21N3O/c1(11-2-5-14-9-11)4-13-6-3-12-10-15-7-8-16-12/h2,5,9,12-15H,1,3-4,6-8,10H2. The summed E-state index contributed by atoms with van der Waals surface area (Å²) in [5.74, 6) is 0. The van der Waals surface area contributed by atoms with E-state index in [2.05, 4.69) is 27.9 Å². The fourth-order valence-corrected chi connectivity index (χ4v) is 1.94. The van der Waals surface area contributed by atoms with Gasteiger partial charge in [-0.2, -0.15) is 0 Å². The van der Waals surface area contributed by atoms with E-state index < -0.39 is 0 Å². The molecule has 1 unspecified atom stereocenters. The zero-order valence-corrected chi connectivity index (χ0v) is 9.67. The molecule has 1 aliphatic rings. The SMILES string of the molecule is c1cc(CCNCCC2CNCCO2)c[nH]1. The molecule has 0 spiro atoms. The molecule has 2 heterocycles. The summed E-state index contributed by atoms with van der Waals surface area (Å²) in [5, 5.41) is 6.79. The van der Waals surface area contributed by atoms with Crippen LogP contribution in [0.1, 0.15) is 12.0 Å². The Morgan fingerprint density at radius 1 is 1.44 bits per heavy atom. The minimum Gasteiger partial charge on any atom is -0.376 e. The van der Waals surface area contributed by atoms with E-state index in [0.29, 0.717) is 6.10 Å². The van der Waals surface area contributed by atoms with E-state index in [1.165, 1.54) is 5.56 Å². The van der Waals surface area contributed by atoms with Crippen molar-refractivity contribution in [3.8, 4) is 0 Å². The molecular formula is C12H21N3O. The minimum absolute atomic E-state index is 0.397. The van der Waals surface area contributed by atoms with E-state index in [4.69, 9.17) is 4.74 Å². The predicted octanol–water partition coefficient (Wildman–Crippen LogP) is 0.525. The zero-order valence-electron chi connectivity index (χ0n) is 9.67. The largest absolute Gasteiger partial charge is 0.376 e. The van der Waals surface area contributed by atoms with Crippen LogP contribution in [0.15, 0.2) is 18.5 Å². The molecule has 1 aliphatic heterocycles. The van der Waals surface area contributed by atoms with Crippen LogP contribution in [-0.2, 0) is 11.2 Å². The number of nitrogens with one attached hydrogen (secondary N) is 3. The number of hydrogen-bond donors (Lipinski definition) is 3. The molecule has 0 amide bonds. The van der Waals surface area contributed by atoms with E-state index in [-0.39, 0.29) is 0 Å². The Labute approximate surface area is 96.8 Å². The first-order valence-corrected chi connectivity index (χ1v) is 6.10. The van der Waals surface area contributed by atoms with Gasteiger partial charge < -0.3 is 20.4 Å². The third-order valence-electron chi connectivity index (χ3n) is 2.90. The van der Waals surface area contributed by atoms with Gasteiger partial charge in [0, 0.05) is 25.5 Å². The van der Waals surface area contributed by atoms with Gasteiger partial charge in [-0.05, 0) is 37.6 Å². The lowest BCUT2D eigenvalue weighted by atomic mass is 10.2. The molecule has 0 aromatic carbocycles. The Morgan fingerprint density at radius 3 is 3.19 bits per heavy atom. The second-order valence-electron chi connectivity index (χ2n) is 4.20. The zero-order chi connectivity index (χ0) is 11.1. The molecule has 16 heavy (non-hydrogen) atoms. The molecule has 4 nitrogen and oxygen atoms in total. The molecule has 0 aliphatic carbocycles. The molecule has 0 bridgehead atoms. The van der Waals surface area contributed by atoms with Crippen molar-refractivity contribution in [1.29, 1.82) is 0 Å². The summed E-state index contributed by atoms with van der Waals surface area (Å²) in [6, 6.07) is 2.12. The monoisotopic (exact) mass is 223 g/mol. The normalized spacial score (nSPS) is 21.1. The average molecular weight is 223 g/mol. The highest BCUT2D eigenvalue weighted by atomic mass is 16.5. The van der Waals surface area contributed by atoms with Crippen molar-refractivity contribution in [3.63, 3.8) is 0 Å².